The predicted octanol–water partition coefficient (Wildman–Crippen LogP) is 5.96. The van der Waals surface area contributed by atoms with Crippen molar-refractivity contribution in [3.8, 4) is 0 Å². The van der Waals surface area contributed by atoms with E-state index in [-0.39, 0.29) is 5.78 Å². The molecule has 0 aliphatic carbocycles. The molecular weight excluding hydrogens is 398 g/mol. The minimum Gasteiger partial charge on any atom is -0.351 e. The number of aliphatic imine (C=N–C) groups is 1. The second-order valence-electron chi connectivity index (χ2n) is 7.66. The number of benzene rings is 1. The second kappa shape index (κ2) is 8.24. The number of fused-ring (bicyclic) bond motifs is 1. The molecule has 30 heavy (non-hydrogen) atoms. The number of aromatic amines is 1. The van der Waals surface area contributed by atoms with Crippen LogP contribution >= 0.6 is 11.6 Å². The van der Waals surface area contributed by atoms with E-state index in [0.717, 1.165) is 40.0 Å². The zero-order chi connectivity index (χ0) is 21.3. The molecule has 0 amide bonds. The first-order valence-corrected chi connectivity index (χ1v) is 10.1. The van der Waals surface area contributed by atoms with Gasteiger partial charge in [0.15, 0.2) is 0 Å². The summed E-state index contributed by atoms with van der Waals surface area (Å²) >= 11 is 6.45. The number of carbonyl (C=O) groups is 1. The lowest BCUT2D eigenvalue weighted by atomic mass is 10.1. The maximum atomic E-state index is 12.3. The van der Waals surface area contributed by atoms with Gasteiger partial charge in [0.05, 0.1) is 27.6 Å². The molecule has 0 fully saturated rings. The molecule has 1 unspecified atom stereocenters. The first-order chi connectivity index (χ1) is 14.4. The van der Waals surface area contributed by atoms with Gasteiger partial charge in [-0.15, -0.1) is 0 Å². The normalized spacial score (nSPS) is 15.7. The summed E-state index contributed by atoms with van der Waals surface area (Å²) in [6, 6.07) is 7.33. The number of halogens is 1. The average Bonchev–Trinajstić information content (AvgIpc) is 3.13. The Morgan fingerprint density at radius 3 is 2.87 bits per heavy atom. The van der Waals surface area contributed by atoms with Gasteiger partial charge in [-0.2, -0.15) is 0 Å². The number of nitrogens with one attached hydrogen (secondary N) is 2. The van der Waals surface area contributed by atoms with Crippen molar-refractivity contribution in [2.45, 2.75) is 27.2 Å². The molecule has 0 radical (unpaired) electrons. The fourth-order valence-corrected chi connectivity index (χ4v) is 3.50. The third-order valence-corrected chi connectivity index (χ3v) is 4.99. The van der Waals surface area contributed by atoms with Crippen LogP contribution in [-0.2, 0) is 0 Å². The van der Waals surface area contributed by atoms with Crippen LogP contribution in [0.4, 0.5) is 11.6 Å². The molecule has 4 rings (SSSR count). The van der Waals surface area contributed by atoms with Crippen LogP contribution in [0.15, 0.2) is 53.2 Å². The minimum absolute atomic E-state index is 0.0801. The molecule has 7 heteroatoms. The Hall–Kier alpha value is -3.25. The highest BCUT2D eigenvalue weighted by Crippen LogP contribution is 2.30. The molecule has 0 saturated heterocycles. The van der Waals surface area contributed by atoms with Crippen molar-refractivity contribution in [1.29, 1.82) is 0 Å². The van der Waals surface area contributed by atoms with Crippen molar-refractivity contribution < 1.29 is 4.79 Å². The second-order valence-corrected chi connectivity index (χ2v) is 8.07. The smallest absolute Gasteiger partial charge is 0.227 e. The van der Waals surface area contributed by atoms with Gasteiger partial charge < -0.3 is 10.3 Å². The Morgan fingerprint density at radius 2 is 2.13 bits per heavy atom. The van der Waals surface area contributed by atoms with E-state index in [1.807, 2.05) is 32.2 Å². The molecule has 0 saturated carbocycles. The Labute approximate surface area is 179 Å². The van der Waals surface area contributed by atoms with Gasteiger partial charge in [-0.25, -0.2) is 9.97 Å². The van der Waals surface area contributed by atoms with Crippen LogP contribution in [0.1, 0.15) is 43.4 Å². The molecule has 2 aromatic heterocycles. The van der Waals surface area contributed by atoms with E-state index in [9.17, 15) is 4.79 Å². The number of nitrogens with zero attached hydrogens (tertiary/aromatic N) is 3. The Bertz CT molecular complexity index is 1220. The number of anilines is 2. The number of allylic oxidation sites excluding steroid dienone is 3. The van der Waals surface area contributed by atoms with E-state index in [4.69, 9.17) is 11.6 Å². The van der Waals surface area contributed by atoms with Crippen LogP contribution in [0, 0.1) is 5.92 Å². The van der Waals surface area contributed by atoms with Crippen LogP contribution in [0.3, 0.4) is 0 Å². The minimum atomic E-state index is -0.0801. The standard InChI is InChI=1S/C23H22ClN5O/c1-13(2)8-21(30)20-10-15-9-16(11-17(24)22(15)28-20)27-23-25-7-6-19(29-23)18-5-4-14(3)12-26-18/h5-12,14,28H,4H2,1-3H3,(H,25,27,29). The van der Waals surface area contributed by atoms with Crippen LogP contribution < -0.4 is 5.32 Å². The molecule has 2 N–H and O–H groups in total. The van der Waals surface area contributed by atoms with Crippen molar-refractivity contribution in [3.05, 3.63) is 64.6 Å². The van der Waals surface area contributed by atoms with Crippen molar-refractivity contribution in [2.75, 3.05) is 5.32 Å². The van der Waals surface area contributed by atoms with Gasteiger partial charge in [0.1, 0.15) is 0 Å². The highest BCUT2D eigenvalue weighted by Gasteiger charge is 2.13. The van der Waals surface area contributed by atoms with E-state index < -0.39 is 0 Å². The molecule has 1 aromatic carbocycles. The molecule has 152 valence electrons. The first kappa shape index (κ1) is 20.0. The zero-order valence-electron chi connectivity index (χ0n) is 17.0. The molecule has 3 heterocycles. The monoisotopic (exact) mass is 419 g/mol. The summed E-state index contributed by atoms with van der Waals surface area (Å²) in [4.78, 5) is 28.8. The van der Waals surface area contributed by atoms with Gasteiger partial charge in [-0.05, 0) is 56.5 Å². The van der Waals surface area contributed by atoms with Crippen molar-refractivity contribution >= 4 is 51.8 Å². The van der Waals surface area contributed by atoms with Gasteiger partial charge in [-0.3, -0.25) is 9.79 Å². The average molecular weight is 420 g/mol. The number of hydrogen-bond donors (Lipinski definition) is 2. The summed E-state index contributed by atoms with van der Waals surface area (Å²) in [5.41, 5.74) is 4.51. The summed E-state index contributed by atoms with van der Waals surface area (Å²) in [5.74, 6) is 0.814. The summed E-state index contributed by atoms with van der Waals surface area (Å²) in [7, 11) is 0. The molecule has 0 bridgehead atoms. The van der Waals surface area contributed by atoms with E-state index >= 15 is 0 Å². The van der Waals surface area contributed by atoms with Crippen LogP contribution in [0.2, 0.25) is 5.02 Å². The lowest BCUT2D eigenvalue weighted by Gasteiger charge is -2.11. The number of hydrogen-bond acceptors (Lipinski definition) is 5. The summed E-state index contributed by atoms with van der Waals surface area (Å²) in [6.07, 6.45) is 8.27. The fourth-order valence-electron chi connectivity index (χ4n) is 3.22. The number of H-pyrrole nitrogens is 1. The molecule has 3 aromatic rings. The number of carbonyl (C=O) groups excluding carboxylic acids is 1. The Balaban J connectivity index is 1.61. The topological polar surface area (TPSA) is 83.0 Å². The van der Waals surface area contributed by atoms with Crippen LogP contribution in [0.25, 0.3) is 16.6 Å². The third kappa shape index (κ3) is 4.33. The summed E-state index contributed by atoms with van der Waals surface area (Å²) in [6.45, 7) is 5.90. The number of rotatable bonds is 5. The molecular formula is C23H22ClN5O. The third-order valence-electron chi connectivity index (χ3n) is 4.69. The van der Waals surface area contributed by atoms with E-state index in [1.165, 1.54) is 0 Å². The lowest BCUT2D eigenvalue weighted by molar-refractivity contribution is 0.104. The van der Waals surface area contributed by atoms with E-state index in [0.29, 0.717) is 22.6 Å². The Kier molecular flexibility index (Phi) is 5.50. The Morgan fingerprint density at radius 1 is 1.30 bits per heavy atom. The van der Waals surface area contributed by atoms with Gasteiger partial charge in [-0.1, -0.05) is 30.2 Å². The summed E-state index contributed by atoms with van der Waals surface area (Å²) in [5, 5.41) is 4.54. The highest BCUT2D eigenvalue weighted by molar-refractivity contribution is 6.35. The maximum absolute atomic E-state index is 12.3. The number of aromatic nitrogens is 3. The quantitative estimate of drug-likeness (QED) is 0.395. The molecule has 6 nitrogen and oxygen atoms in total. The first-order valence-electron chi connectivity index (χ1n) is 9.75. The van der Waals surface area contributed by atoms with Crippen molar-refractivity contribution in [2.24, 2.45) is 10.9 Å². The maximum Gasteiger partial charge on any atom is 0.227 e. The van der Waals surface area contributed by atoms with Gasteiger partial charge in [0.25, 0.3) is 0 Å². The molecule has 0 spiro atoms. The molecule has 1 aliphatic rings. The van der Waals surface area contributed by atoms with Crippen molar-refractivity contribution in [3.63, 3.8) is 0 Å². The summed E-state index contributed by atoms with van der Waals surface area (Å²) < 4.78 is 0. The van der Waals surface area contributed by atoms with Crippen LogP contribution in [-0.4, -0.2) is 26.9 Å². The van der Waals surface area contributed by atoms with Gasteiger partial charge >= 0.3 is 0 Å². The van der Waals surface area contributed by atoms with E-state index in [1.54, 1.807) is 24.4 Å². The number of ketones is 1. The van der Waals surface area contributed by atoms with Crippen molar-refractivity contribution in [1.82, 2.24) is 15.0 Å². The fraction of sp³-hybridized carbons (Fsp3) is 0.217. The van der Waals surface area contributed by atoms with E-state index in [2.05, 4.69) is 38.3 Å². The molecule has 1 atom stereocenters. The van der Waals surface area contributed by atoms with Gasteiger partial charge in [0, 0.05) is 23.5 Å². The highest BCUT2D eigenvalue weighted by atomic mass is 35.5. The predicted molar refractivity (Wildman–Crippen MR) is 123 cm³/mol. The SMILES string of the molecule is CC(C)=CC(=O)c1cc2cc(Nc3nccc(C4=CCC(C)C=N4)n3)cc(Cl)c2[nH]1. The largest absolute Gasteiger partial charge is 0.351 e. The zero-order valence-corrected chi connectivity index (χ0v) is 17.8. The lowest BCUT2D eigenvalue weighted by Crippen LogP contribution is -2.03. The van der Waals surface area contributed by atoms with Gasteiger partial charge in [0.2, 0.25) is 11.7 Å². The molecule has 1 aliphatic heterocycles. The van der Waals surface area contributed by atoms with Crippen LogP contribution in [0.5, 0.6) is 0 Å².